The average molecular weight is 306 g/mol. The van der Waals surface area contributed by atoms with Gasteiger partial charge < -0.3 is 9.64 Å². The molecule has 0 saturated carbocycles. The molecule has 0 bridgehead atoms. The van der Waals surface area contributed by atoms with Crippen LogP contribution in [0.2, 0.25) is 0 Å². The lowest BCUT2D eigenvalue weighted by molar-refractivity contribution is -0.129. The number of carbonyl (C=O) groups excluding carboxylic acids is 3. The van der Waals surface area contributed by atoms with Gasteiger partial charge in [0.25, 0.3) is 5.91 Å². The van der Waals surface area contributed by atoms with Gasteiger partial charge in [0.05, 0.1) is 12.7 Å². The monoisotopic (exact) mass is 306 g/mol. The molecule has 120 valence electrons. The number of nitrogens with zero attached hydrogens (tertiary/aromatic N) is 1. The third-order valence-electron chi connectivity index (χ3n) is 3.68. The lowest BCUT2D eigenvalue weighted by Gasteiger charge is -2.23. The topological polar surface area (TPSA) is 75.7 Å². The average Bonchev–Trinajstić information content (AvgIpc) is 2.84. The first-order valence-corrected chi connectivity index (χ1v) is 7.10. The van der Waals surface area contributed by atoms with Crippen molar-refractivity contribution in [2.45, 2.75) is 32.7 Å². The summed E-state index contributed by atoms with van der Waals surface area (Å²) in [6, 6.07) is -0.125. The molecule has 0 aromatic carbocycles. The highest BCUT2D eigenvalue weighted by molar-refractivity contribution is 6.02. The molecule has 1 fully saturated rings. The Labute approximate surface area is 130 Å². The van der Waals surface area contributed by atoms with Gasteiger partial charge in [0, 0.05) is 19.0 Å². The molecular formula is C16H22N2O4. The molecule has 1 aliphatic heterocycles. The lowest BCUT2D eigenvalue weighted by Crippen LogP contribution is -2.35. The van der Waals surface area contributed by atoms with Gasteiger partial charge in [-0.2, -0.15) is 0 Å². The summed E-state index contributed by atoms with van der Waals surface area (Å²) in [5.74, 6) is -0.0289. The van der Waals surface area contributed by atoms with Gasteiger partial charge in [-0.05, 0) is 31.9 Å². The minimum Gasteiger partial charge on any atom is -0.496 e. The number of likely N-dealkylation sites (tertiary alicyclic amines) is 1. The number of hydrogen-bond donors (Lipinski definition) is 1. The maximum atomic E-state index is 12.6. The normalized spacial score (nSPS) is 19.9. The van der Waals surface area contributed by atoms with Crippen LogP contribution in [-0.4, -0.2) is 42.8 Å². The molecule has 0 aliphatic carbocycles. The number of ether oxygens (including phenoxy) is 1. The maximum Gasteiger partial charge on any atom is 0.258 e. The van der Waals surface area contributed by atoms with Crippen molar-refractivity contribution in [1.82, 2.24) is 10.2 Å². The third-order valence-corrected chi connectivity index (χ3v) is 3.68. The van der Waals surface area contributed by atoms with E-state index in [0.717, 1.165) is 5.57 Å². The van der Waals surface area contributed by atoms with Crippen LogP contribution in [0.25, 0.3) is 0 Å². The first-order chi connectivity index (χ1) is 10.5. The molecule has 0 aromatic rings. The molecule has 0 spiro atoms. The highest BCUT2D eigenvalue weighted by Gasteiger charge is 2.35. The summed E-state index contributed by atoms with van der Waals surface area (Å²) in [5.41, 5.74) is 1.40. The Hall–Kier alpha value is -2.37. The van der Waals surface area contributed by atoms with Gasteiger partial charge >= 0.3 is 0 Å². The van der Waals surface area contributed by atoms with Crippen molar-refractivity contribution in [3.05, 3.63) is 35.6 Å². The SMILES string of the molecule is C=C/C(OC)=C1/C(=O)N(C(C)CCC(=O)NC=O)C/C1=C/C. The van der Waals surface area contributed by atoms with Crippen LogP contribution >= 0.6 is 0 Å². The molecule has 22 heavy (non-hydrogen) atoms. The second kappa shape index (κ2) is 8.17. The van der Waals surface area contributed by atoms with E-state index in [0.29, 0.717) is 30.7 Å². The second-order valence-electron chi connectivity index (χ2n) is 4.97. The summed E-state index contributed by atoms with van der Waals surface area (Å²) in [4.78, 5) is 35.8. The number of carbonyl (C=O) groups is 3. The molecule has 0 radical (unpaired) electrons. The summed E-state index contributed by atoms with van der Waals surface area (Å²) in [5, 5.41) is 2.09. The smallest absolute Gasteiger partial charge is 0.258 e. The zero-order chi connectivity index (χ0) is 16.7. The van der Waals surface area contributed by atoms with Crippen molar-refractivity contribution in [3.63, 3.8) is 0 Å². The summed E-state index contributed by atoms with van der Waals surface area (Å²) in [6.07, 6.45) is 4.42. The van der Waals surface area contributed by atoms with Gasteiger partial charge in [-0.25, -0.2) is 0 Å². The molecule has 1 atom stereocenters. The standard InChI is InChI=1S/C16H22N2O4/c1-5-12-9-18(11(3)7-8-14(20)17-10-19)16(21)15(12)13(6-2)22-4/h5-6,10-11H,2,7-9H2,1,3-4H3,(H,17,19,20)/b12-5-,15-13-. The molecule has 6 heteroatoms. The Bertz CT molecular complexity index is 534. The van der Waals surface area contributed by atoms with E-state index in [4.69, 9.17) is 4.74 Å². The number of nitrogens with one attached hydrogen (secondary N) is 1. The van der Waals surface area contributed by atoms with Crippen LogP contribution in [0.15, 0.2) is 35.6 Å². The van der Waals surface area contributed by atoms with Crippen LogP contribution in [0.5, 0.6) is 0 Å². The van der Waals surface area contributed by atoms with E-state index in [-0.39, 0.29) is 24.3 Å². The molecule has 3 amide bonds. The zero-order valence-corrected chi connectivity index (χ0v) is 13.2. The molecule has 1 heterocycles. The first kappa shape index (κ1) is 17.7. The second-order valence-corrected chi connectivity index (χ2v) is 4.97. The quantitative estimate of drug-likeness (QED) is 0.437. The van der Waals surface area contributed by atoms with E-state index in [1.807, 2.05) is 19.9 Å². The van der Waals surface area contributed by atoms with E-state index < -0.39 is 0 Å². The van der Waals surface area contributed by atoms with E-state index >= 15 is 0 Å². The van der Waals surface area contributed by atoms with Crippen LogP contribution in [-0.2, 0) is 19.1 Å². The van der Waals surface area contributed by atoms with Crippen LogP contribution < -0.4 is 5.32 Å². The summed E-state index contributed by atoms with van der Waals surface area (Å²) >= 11 is 0. The number of methoxy groups -OCH3 is 1. The number of rotatable bonds is 7. The van der Waals surface area contributed by atoms with Gasteiger partial charge in [0.2, 0.25) is 12.3 Å². The first-order valence-electron chi connectivity index (χ1n) is 7.10. The third kappa shape index (κ3) is 3.84. The number of hydrogen-bond acceptors (Lipinski definition) is 4. The van der Waals surface area contributed by atoms with Crippen LogP contribution in [0, 0.1) is 0 Å². The summed E-state index contributed by atoms with van der Waals surface area (Å²) in [6.45, 7) is 7.88. The van der Waals surface area contributed by atoms with Gasteiger partial charge in [-0.15, -0.1) is 0 Å². The van der Waals surface area contributed by atoms with Crippen molar-refractivity contribution in [3.8, 4) is 0 Å². The van der Waals surface area contributed by atoms with E-state index in [1.54, 1.807) is 4.90 Å². The number of imide groups is 1. The molecule has 6 nitrogen and oxygen atoms in total. The Kier molecular flexibility index (Phi) is 6.56. The lowest BCUT2D eigenvalue weighted by atomic mass is 10.1. The van der Waals surface area contributed by atoms with Gasteiger partial charge in [0.15, 0.2) is 0 Å². The molecule has 1 aliphatic rings. The Morgan fingerprint density at radius 1 is 1.55 bits per heavy atom. The maximum absolute atomic E-state index is 12.6. The molecule has 0 aromatic heterocycles. The fraction of sp³-hybridized carbons (Fsp3) is 0.438. The van der Waals surface area contributed by atoms with E-state index in [9.17, 15) is 14.4 Å². The Morgan fingerprint density at radius 2 is 2.23 bits per heavy atom. The van der Waals surface area contributed by atoms with Crippen molar-refractivity contribution in [1.29, 1.82) is 0 Å². The highest BCUT2D eigenvalue weighted by Crippen LogP contribution is 2.29. The van der Waals surface area contributed by atoms with Crippen LogP contribution in [0.3, 0.4) is 0 Å². The fourth-order valence-corrected chi connectivity index (χ4v) is 2.39. The molecule has 1 saturated heterocycles. The van der Waals surface area contributed by atoms with Crippen molar-refractivity contribution < 1.29 is 19.1 Å². The van der Waals surface area contributed by atoms with Crippen LogP contribution in [0.4, 0.5) is 0 Å². The van der Waals surface area contributed by atoms with E-state index in [2.05, 4.69) is 11.9 Å². The number of allylic oxidation sites excluding steroid dienone is 2. The Morgan fingerprint density at radius 3 is 2.73 bits per heavy atom. The van der Waals surface area contributed by atoms with Gasteiger partial charge in [-0.1, -0.05) is 12.7 Å². The molecule has 1 unspecified atom stereocenters. The fourth-order valence-electron chi connectivity index (χ4n) is 2.39. The van der Waals surface area contributed by atoms with Gasteiger partial charge in [0.1, 0.15) is 5.76 Å². The minimum atomic E-state index is -0.348. The van der Waals surface area contributed by atoms with Crippen molar-refractivity contribution >= 4 is 18.2 Å². The highest BCUT2D eigenvalue weighted by atomic mass is 16.5. The molecule has 1 rings (SSSR count). The van der Waals surface area contributed by atoms with Gasteiger partial charge in [-0.3, -0.25) is 19.7 Å². The van der Waals surface area contributed by atoms with Crippen molar-refractivity contribution in [2.24, 2.45) is 0 Å². The predicted octanol–water partition coefficient (Wildman–Crippen LogP) is 1.30. The Balaban J connectivity index is 2.88. The largest absolute Gasteiger partial charge is 0.496 e. The zero-order valence-electron chi connectivity index (χ0n) is 13.2. The van der Waals surface area contributed by atoms with E-state index in [1.165, 1.54) is 13.2 Å². The predicted molar refractivity (Wildman–Crippen MR) is 82.6 cm³/mol. The minimum absolute atomic E-state index is 0.125. The number of amides is 3. The van der Waals surface area contributed by atoms with Crippen LogP contribution in [0.1, 0.15) is 26.7 Å². The summed E-state index contributed by atoms with van der Waals surface area (Å²) in [7, 11) is 1.50. The molecular weight excluding hydrogens is 284 g/mol. The van der Waals surface area contributed by atoms with Crippen molar-refractivity contribution in [2.75, 3.05) is 13.7 Å². The summed E-state index contributed by atoms with van der Waals surface area (Å²) < 4.78 is 5.21. The molecule has 1 N–H and O–H groups in total.